The van der Waals surface area contributed by atoms with Crippen molar-refractivity contribution < 1.29 is 4.39 Å². The molecule has 0 unspecified atom stereocenters. The quantitative estimate of drug-likeness (QED) is 0.889. The van der Waals surface area contributed by atoms with Crippen molar-refractivity contribution in [3.8, 4) is 5.69 Å². The molecule has 4 nitrogen and oxygen atoms in total. The monoisotopic (exact) mass is 240 g/mol. The Hall–Kier alpha value is -1.46. The molecule has 1 aromatic heterocycles. The molecule has 2 aromatic rings. The zero-order valence-corrected chi connectivity index (χ0v) is 9.37. The summed E-state index contributed by atoms with van der Waals surface area (Å²) in [5, 5.41) is 10.9. The lowest BCUT2D eigenvalue weighted by atomic mass is 10.3. The fourth-order valence-corrected chi connectivity index (χ4v) is 1.43. The summed E-state index contributed by atoms with van der Waals surface area (Å²) in [7, 11) is 1.82. The highest BCUT2D eigenvalue weighted by Crippen LogP contribution is 2.17. The Morgan fingerprint density at radius 1 is 1.50 bits per heavy atom. The molecule has 0 amide bonds. The van der Waals surface area contributed by atoms with Crippen molar-refractivity contribution in [2.45, 2.75) is 6.54 Å². The summed E-state index contributed by atoms with van der Waals surface area (Å²) in [6.07, 6.45) is 1.74. The van der Waals surface area contributed by atoms with Crippen molar-refractivity contribution >= 4 is 11.6 Å². The van der Waals surface area contributed by atoms with E-state index < -0.39 is 5.82 Å². The minimum Gasteiger partial charge on any atom is -0.314 e. The molecule has 0 aliphatic heterocycles. The van der Waals surface area contributed by atoms with Crippen LogP contribution in [0.2, 0.25) is 5.02 Å². The van der Waals surface area contributed by atoms with Crippen molar-refractivity contribution in [1.29, 1.82) is 0 Å². The largest absolute Gasteiger partial charge is 0.314 e. The second kappa shape index (κ2) is 4.59. The maximum atomic E-state index is 13.2. The van der Waals surface area contributed by atoms with Gasteiger partial charge in [-0.1, -0.05) is 16.8 Å². The number of hydrogen-bond acceptors (Lipinski definition) is 3. The molecule has 1 N–H and O–H groups in total. The number of hydrogen-bond donors (Lipinski definition) is 1. The van der Waals surface area contributed by atoms with Crippen LogP contribution in [-0.2, 0) is 6.54 Å². The van der Waals surface area contributed by atoms with Crippen LogP contribution >= 0.6 is 11.6 Å². The second-order valence-corrected chi connectivity index (χ2v) is 3.69. The minimum atomic E-state index is -0.468. The topological polar surface area (TPSA) is 42.7 Å². The van der Waals surface area contributed by atoms with E-state index in [2.05, 4.69) is 15.6 Å². The summed E-state index contributed by atoms with van der Waals surface area (Å²) >= 11 is 5.59. The Balaban J connectivity index is 2.31. The highest BCUT2D eigenvalue weighted by Gasteiger charge is 2.05. The van der Waals surface area contributed by atoms with Crippen LogP contribution in [0.4, 0.5) is 4.39 Å². The van der Waals surface area contributed by atoms with Gasteiger partial charge < -0.3 is 5.32 Å². The molecular formula is C10H10ClFN4. The molecule has 0 fully saturated rings. The Bertz CT molecular complexity index is 497. The molecule has 0 aliphatic carbocycles. The van der Waals surface area contributed by atoms with Crippen molar-refractivity contribution in [2.75, 3.05) is 7.05 Å². The normalized spacial score (nSPS) is 10.7. The van der Waals surface area contributed by atoms with Gasteiger partial charge in [0.25, 0.3) is 0 Å². The van der Waals surface area contributed by atoms with E-state index in [1.807, 2.05) is 7.05 Å². The van der Waals surface area contributed by atoms with Gasteiger partial charge in [-0.15, -0.1) is 5.10 Å². The maximum Gasteiger partial charge on any atom is 0.143 e. The van der Waals surface area contributed by atoms with Gasteiger partial charge in [-0.05, 0) is 19.2 Å². The molecular weight excluding hydrogens is 231 g/mol. The van der Waals surface area contributed by atoms with E-state index in [0.717, 1.165) is 5.69 Å². The first kappa shape index (κ1) is 11.0. The summed E-state index contributed by atoms with van der Waals surface area (Å²) in [4.78, 5) is 0. The van der Waals surface area contributed by atoms with Gasteiger partial charge in [0, 0.05) is 12.6 Å². The molecule has 0 atom stereocenters. The van der Waals surface area contributed by atoms with E-state index in [9.17, 15) is 4.39 Å². The van der Waals surface area contributed by atoms with Crippen LogP contribution in [0.1, 0.15) is 5.69 Å². The van der Waals surface area contributed by atoms with Crippen molar-refractivity contribution in [1.82, 2.24) is 20.3 Å². The van der Waals surface area contributed by atoms with Gasteiger partial charge in [0.1, 0.15) is 5.82 Å². The van der Waals surface area contributed by atoms with E-state index in [4.69, 9.17) is 11.6 Å². The van der Waals surface area contributed by atoms with Crippen LogP contribution in [0.3, 0.4) is 0 Å². The zero-order chi connectivity index (χ0) is 11.5. The fraction of sp³-hybridized carbons (Fsp3) is 0.200. The smallest absolute Gasteiger partial charge is 0.143 e. The van der Waals surface area contributed by atoms with Crippen molar-refractivity contribution in [2.24, 2.45) is 0 Å². The average molecular weight is 241 g/mol. The lowest BCUT2D eigenvalue weighted by molar-refractivity contribution is 0.625. The molecule has 84 valence electrons. The zero-order valence-electron chi connectivity index (χ0n) is 8.61. The van der Waals surface area contributed by atoms with Gasteiger partial charge in [-0.3, -0.25) is 0 Å². The van der Waals surface area contributed by atoms with E-state index in [1.54, 1.807) is 12.3 Å². The third-order valence-corrected chi connectivity index (χ3v) is 2.37. The Morgan fingerprint density at radius 3 is 3.00 bits per heavy atom. The van der Waals surface area contributed by atoms with Gasteiger partial charge in [-0.2, -0.15) is 0 Å². The Labute approximate surface area is 97.0 Å². The van der Waals surface area contributed by atoms with E-state index >= 15 is 0 Å². The van der Waals surface area contributed by atoms with Crippen LogP contribution in [0.5, 0.6) is 0 Å². The molecule has 0 radical (unpaired) electrons. The maximum absolute atomic E-state index is 13.2. The summed E-state index contributed by atoms with van der Waals surface area (Å²) in [6.45, 7) is 0.621. The number of benzene rings is 1. The van der Waals surface area contributed by atoms with E-state index in [-0.39, 0.29) is 5.02 Å². The molecule has 1 heterocycles. The van der Waals surface area contributed by atoms with Gasteiger partial charge in [0.05, 0.1) is 22.6 Å². The first-order chi connectivity index (χ1) is 7.70. The van der Waals surface area contributed by atoms with Crippen LogP contribution in [0.15, 0.2) is 24.4 Å². The van der Waals surface area contributed by atoms with Gasteiger partial charge in [0.15, 0.2) is 0 Å². The fourth-order valence-electron chi connectivity index (χ4n) is 1.31. The molecule has 0 saturated carbocycles. The summed E-state index contributed by atoms with van der Waals surface area (Å²) in [5.74, 6) is -0.468. The first-order valence-electron chi connectivity index (χ1n) is 4.72. The lowest BCUT2D eigenvalue weighted by Crippen LogP contribution is -2.04. The van der Waals surface area contributed by atoms with E-state index in [1.165, 1.54) is 16.8 Å². The van der Waals surface area contributed by atoms with Crippen LogP contribution in [-0.4, -0.2) is 22.0 Å². The number of aromatic nitrogens is 3. The highest BCUT2D eigenvalue weighted by molar-refractivity contribution is 6.30. The third-order valence-electron chi connectivity index (χ3n) is 2.07. The number of halogens is 2. The average Bonchev–Trinajstić information content (AvgIpc) is 2.71. The molecule has 0 spiro atoms. The van der Waals surface area contributed by atoms with Crippen LogP contribution < -0.4 is 5.32 Å². The van der Waals surface area contributed by atoms with Crippen LogP contribution in [0, 0.1) is 5.82 Å². The van der Waals surface area contributed by atoms with Crippen LogP contribution in [0.25, 0.3) is 5.69 Å². The third kappa shape index (κ3) is 2.20. The molecule has 0 aliphatic rings. The SMILES string of the molecule is CNCc1cn(-c2ccc(Cl)c(F)c2)nn1. The Morgan fingerprint density at radius 2 is 2.31 bits per heavy atom. The highest BCUT2D eigenvalue weighted by atomic mass is 35.5. The summed E-state index contributed by atoms with van der Waals surface area (Å²) < 4.78 is 14.7. The molecule has 6 heteroatoms. The molecule has 0 saturated heterocycles. The number of nitrogens with zero attached hydrogens (tertiary/aromatic N) is 3. The first-order valence-corrected chi connectivity index (χ1v) is 5.10. The van der Waals surface area contributed by atoms with Gasteiger partial charge in [-0.25, -0.2) is 9.07 Å². The molecule has 16 heavy (non-hydrogen) atoms. The van der Waals surface area contributed by atoms with E-state index in [0.29, 0.717) is 12.2 Å². The summed E-state index contributed by atoms with van der Waals surface area (Å²) in [5.41, 5.74) is 1.38. The predicted octanol–water partition coefficient (Wildman–Crippen LogP) is 1.78. The molecule has 1 aromatic carbocycles. The Kier molecular flexibility index (Phi) is 3.17. The molecule has 2 rings (SSSR count). The minimum absolute atomic E-state index is 0.0966. The molecule has 0 bridgehead atoms. The van der Waals surface area contributed by atoms with Gasteiger partial charge >= 0.3 is 0 Å². The van der Waals surface area contributed by atoms with Crippen molar-refractivity contribution in [3.05, 3.63) is 40.9 Å². The number of nitrogens with one attached hydrogen (secondary N) is 1. The predicted molar refractivity (Wildman–Crippen MR) is 59.1 cm³/mol. The standard InChI is InChI=1S/C10H10ClFN4/c1-13-5-7-6-16(15-14-7)8-2-3-9(11)10(12)4-8/h2-4,6,13H,5H2,1H3. The van der Waals surface area contributed by atoms with Crippen molar-refractivity contribution in [3.63, 3.8) is 0 Å². The number of rotatable bonds is 3. The lowest BCUT2D eigenvalue weighted by Gasteiger charge is -2.00. The summed E-state index contributed by atoms with van der Waals surface area (Å²) in [6, 6.07) is 4.50. The van der Waals surface area contributed by atoms with Gasteiger partial charge in [0.2, 0.25) is 0 Å². The second-order valence-electron chi connectivity index (χ2n) is 3.28.